The van der Waals surface area contributed by atoms with E-state index in [-0.39, 0.29) is 0 Å². The van der Waals surface area contributed by atoms with Gasteiger partial charge in [-0.1, -0.05) is 35.9 Å². The molecule has 0 fully saturated rings. The molecule has 0 bridgehead atoms. The van der Waals surface area contributed by atoms with Gasteiger partial charge in [-0.2, -0.15) is 0 Å². The molecule has 19 heavy (non-hydrogen) atoms. The third-order valence-corrected chi connectivity index (χ3v) is 3.66. The number of nitrogens with two attached hydrogens (primary N) is 1. The molecule has 2 aromatic rings. The predicted molar refractivity (Wildman–Crippen MR) is 80.5 cm³/mol. The zero-order chi connectivity index (χ0) is 14.0. The van der Waals surface area contributed by atoms with Gasteiger partial charge >= 0.3 is 0 Å². The number of ether oxygens (including phenoxy) is 1. The van der Waals surface area contributed by atoms with Crippen molar-refractivity contribution in [3.8, 4) is 16.9 Å². The SMILES string of the molecule is COc1c(-c2cc(C)ccc2CN)ccc(C)c1C. The number of rotatable bonds is 3. The van der Waals surface area contributed by atoms with Gasteiger partial charge in [0, 0.05) is 12.1 Å². The van der Waals surface area contributed by atoms with Gasteiger partial charge in [0.25, 0.3) is 0 Å². The fraction of sp³-hybridized carbons (Fsp3) is 0.294. The fourth-order valence-electron chi connectivity index (χ4n) is 2.38. The van der Waals surface area contributed by atoms with Crippen LogP contribution in [0.15, 0.2) is 30.3 Å². The topological polar surface area (TPSA) is 35.2 Å². The fourth-order valence-corrected chi connectivity index (χ4v) is 2.38. The minimum atomic E-state index is 0.533. The van der Waals surface area contributed by atoms with Crippen LogP contribution in [0.1, 0.15) is 22.3 Å². The molecule has 2 rings (SSSR count). The Morgan fingerprint density at radius 1 is 1.00 bits per heavy atom. The van der Waals surface area contributed by atoms with Crippen LogP contribution in [0.2, 0.25) is 0 Å². The highest BCUT2D eigenvalue weighted by molar-refractivity contribution is 5.76. The Hall–Kier alpha value is -1.80. The Morgan fingerprint density at radius 2 is 1.74 bits per heavy atom. The molecule has 0 heterocycles. The summed E-state index contributed by atoms with van der Waals surface area (Å²) >= 11 is 0. The summed E-state index contributed by atoms with van der Waals surface area (Å²) in [5.41, 5.74) is 12.9. The van der Waals surface area contributed by atoms with E-state index in [0.717, 1.165) is 16.9 Å². The van der Waals surface area contributed by atoms with Gasteiger partial charge < -0.3 is 10.5 Å². The lowest BCUT2D eigenvalue weighted by atomic mass is 9.94. The standard InChI is InChI=1S/C17H21NO/c1-11-5-7-14(10-18)16(9-11)15-8-6-12(2)13(3)17(15)19-4/h5-9H,10,18H2,1-4H3. The Labute approximate surface area is 115 Å². The van der Waals surface area contributed by atoms with Crippen molar-refractivity contribution < 1.29 is 4.74 Å². The van der Waals surface area contributed by atoms with Gasteiger partial charge in [0.1, 0.15) is 5.75 Å². The second kappa shape index (κ2) is 5.45. The highest BCUT2D eigenvalue weighted by Gasteiger charge is 2.13. The van der Waals surface area contributed by atoms with Crippen LogP contribution in [0.5, 0.6) is 5.75 Å². The second-order valence-electron chi connectivity index (χ2n) is 4.95. The number of aryl methyl sites for hydroxylation is 2. The average molecular weight is 255 g/mol. The highest BCUT2D eigenvalue weighted by atomic mass is 16.5. The van der Waals surface area contributed by atoms with Crippen molar-refractivity contribution in [2.75, 3.05) is 7.11 Å². The van der Waals surface area contributed by atoms with Crippen molar-refractivity contribution in [2.24, 2.45) is 5.73 Å². The zero-order valence-electron chi connectivity index (χ0n) is 12.1. The molecular formula is C17H21NO. The summed E-state index contributed by atoms with van der Waals surface area (Å²) < 4.78 is 5.61. The van der Waals surface area contributed by atoms with E-state index in [9.17, 15) is 0 Å². The third kappa shape index (κ3) is 2.49. The molecule has 0 aromatic heterocycles. The van der Waals surface area contributed by atoms with E-state index in [1.807, 2.05) is 0 Å². The van der Waals surface area contributed by atoms with Gasteiger partial charge in [-0.05, 0) is 43.0 Å². The molecule has 0 saturated heterocycles. The van der Waals surface area contributed by atoms with E-state index < -0.39 is 0 Å². The van der Waals surface area contributed by atoms with Gasteiger partial charge in [0.2, 0.25) is 0 Å². The van der Waals surface area contributed by atoms with E-state index in [0.29, 0.717) is 6.54 Å². The molecule has 0 spiro atoms. The lowest BCUT2D eigenvalue weighted by Crippen LogP contribution is -2.01. The van der Waals surface area contributed by atoms with E-state index in [4.69, 9.17) is 10.5 Å². The Bertz CT molecular complexity index is 602. The monoisotopic (exact) mass is 255 g/mol. The van der Waals surface area contributed by atoms with E-state index in [2.05, 4.69) is 51.1 Å². The van der Waals surface area contributed by atoms with Crippen LogP contribution in [-0.4, -0.2) is 7.11 Å². The molecule has 2 N–H and O–H groups in total. The van der Waals surface area contributed by atoms with Crippen LogP contribution in [0.25, 0.3) is 11.1 Å². The van der Waals surface area contributed by atoms with Crippen molar-refractivity contribution in [1.29, 1.82) is 0 Å². The first-order valence-electron chi connectivity index (χ1n) is 6.52. The maximum Gasteiger partial charge on any atom is 0.129 e. The Balaban J connectivity index is 2.71. The number of hydrogen-bond acceptors (Lipinski definition) is 2. The lowest BCUT2D eigenvalue weighted by molar-refractivity contribution is 0.413. The largest absolute Gasteiger partial charge is 0.496 e. The van der Waals surface area contributed by atoms with Gasteiger partial charge in [-0.25, -0.2) is 0 Å². The molecular weight excluding hydrogens is 234 g/mol. The summed E-state index contributed by atoms with van der Waals surface area (Å²) in [7, 11) is 1.73. The van der Waals surface area contributed by atoms with Crippen molar-refractivity contribution in [3.05, 3.63) is 52.6 Å². The van der Waals surface area contributed by atoms with Gasteiger partial charge in [0.15, 0.2) is 0 Å². The van der Waals surface area contributed by atoms with Gasteiger partial charge in [0.05, 0.1) is 7.11 Å². The summed E-state index contributed by atoms with van der Waals surface area (Å²) in [5.74, 6) is 0.945. The Kier molecular flexibility index (Phi) is 3.91. The van der Waals surface area contributed by atoms with E-state index in [1.54, 1.807) is 7.11 Å². The molecule has 0 radical (unpaired) electrons. The second-order valence-corrected chi connectivity index (χ2v) is 4.95. The molecule has 2 heteroatoms. The molecule has 0 atom stereocenters. The van der Waals surface area contributed by atoms with E-state index in [1.165, 1.54) is 22.3 Å². The van der Waals surface area contributed by atoms with Crippen LogP contribution in [0, 0.1) is 20.8 Å². The first-order valence-corrected chi connectivity index (χ1v) is 6.52. The predicted octanol–water partition coefficient (Wildman–Crippen LogP) is 3.75. The van der Waals surface area contributed by atoms with Crippen molar-refractivity contribution in [3.63, 3.8) is 0 Å². The van der Waals surface area contributed by atoms with Crippen LogP contribution in [0.3, 0.4) is 0 Å². The first-order chi connectivity index (χ1) is 9.08. The summed E-state index contributed by atoms with van der Waals surface area (Å²) in [6.45, 7) is 6.82. The summed E-state index contributed by atoms with van der Waals surface area (Å²) in [6, 6.07) is 10.6. The molecule has 0 aliphatic heterocycles. The normalized spacial score (nSPS) is 10.6. The first kappa shape index (κ1) is 13.6. The maximum atomic E-state index is 5.86. The molecule has 0 unspecified atom stereocenters. The Morgan fingerprint density at radius 3 is 2.37 bits per heavy atom. The van der Waals surface area contributed by atoms with Gasteiger partial charge in [-0.3, -0.25) is 0 Å². The van der Waals surface area contributed by atoms with E-state index >= 15 is 0 Å². The molecule has 2 nitrogen and oxygen atoms in total. The number of hydrogen-bond donors (Lipinski definition) is 1. The summed E-state index contributed by atoms with van der Waals surface area (Å²) in [4.78, 5) is 0. The van der Waals surface area contributed by atoms with Crippen LogP contribution in [0.4, 0.5) is 0 Å². The molecule has 0 amide bonds. The summed E-state index contributed by atoms with van der Waals surface area (Å²) in [5, 5.41) is 0. The number of benzene rings is 2. The van der Waals surface area contributed by atoms with Crippen molar-refractivity contribution >= 4 is 0 Å². The molecule has 0 aliphatic carbocycles. The van der Waals surface area contributed by atoms with Crippen molar-refractivity contribution in [2.45, 2.75) is 27.3 Å². The zero-order valence-corrected chi connectivity index (χ0v) is 12.1. The van der Waals surface area contributed by atoms with Crippen LogP contribution in [-0.2, 0) is 6.54 Å². The third-order valence-electron chi connectivity index (χ3n) is 3.66. The van der Waals surface area contributed by atoms with Crippen LogP contribution >= 0.6 is 0 Å². The van der Waals surface area contributed by atoms with Gasteiger partial charge in [-0.15, -0.1) is 0 Å². The number of methoxy groups -OCH3 is 1. The molecule has 0 saturated carbocycles. The molecule has 0 aliphatic rings. The summed E-state index contributed by atoms with van der Waals surface area (Å²) in [6.07, 6.45) is 0. The average Bonchev–Trinajstić information content (AvgIpc) is 2.41. The minimum absolute atomic E-state index is 0.533. The van der Waals surface area contributed by atoms with Crippen LogP contribution < -0.4 is 10.5 Å². The quantitative estimate of drug-likeness (QED) is 0.906. The van der Waals surface area contributed by atoms with Crippen molar-refractivity contribution in [1.82, 2.24) is 0 Å². The minimum Gasteiger partial charge on any atom is -0.496 e. The maximum absolute atomic E-state index is 5.86. The molecule has 100 valence electrons. The molecule has 2 aromatic carbocycles. The highest BCUT2D eigenvalue weighted by Crippen LogP contribution is 2.36. The lowest BCUT2D eigenvalue weighted by Gasteiger charge is -2.16. The smallest absolute Gasteiger partial charge is 0.129 e.